The van der Waals surface area contributed by atoms with Crippen molar-refractivity contribution in [2.75, 3.05) is 10.6 Å². The number of imidazole rings is 2. The second-order valence-corrected chi connectivity index (χ2v) is 21.5. The third kappa shape index (κ3) is 11.4. The molecule has 422 valence electrons. The minimum absolute atomic E-state index is 0.0732. The van der Waals surface area contributed by atoms with E-state index < -0.39 is 45.4 Å². The van der Waals surface area contributed by atoms with Crippen LogP contribution in [0.15, 0.2) is 101 Å². The van der Waals surface area contributed by atoms with Crippen molar-refractivity contribution in [3.05, 3.63) is 148 Å². The first kappa shape index (κ1) is 55.7. The first-order valence-corrected chi connectivity index (χ1v) is 25.9. The summed E-state index contributed by atoms with van der Waals surface area (Å²) in [6, 6.07) is 12.7. The van der Waals surface area contributed by atoms with E-state index in [1.807, 2.05) is 47.6 Å². The molecule has 8 heterocycles. The molecule has 8 aromatic heterocycles. The molecule has 2 aromatic carbocycles. The SMILES string of the molecule is C=CC(=O)Nc1cn(C)nc1-c1nc2nc(C(C)n3cc(NC(=O)C=C)c(-c4nc5nccc(-c6ccc(CNC(=O)c7nc(C(C)(C)C)no7)c(Cl)c6)c5[nH]4)n3)cc(-c3ccc(CNC(=O)c4nc(C(C)(C)C)no4)c([N+](=O)[O-])c3)c2[nH]1. The molecule has 0 bridgehead atoms. The number of amides is 4. The van der Waals surface area contributed by atoms with Crippen molar-refractivity contribution in [3.8, 4) is 45.3 Å². The molecule has 1 atom stereocenters. The number of hydrogen-bond donors (Lipinski definition) is 6. The molecule has 83 heavy (non-hydrogen) atoms. The van der Waals surface area contributed by atoms with E-state index in [9.17, 15) is 29.3 Å². The number of benzene rings is 2. The summed E-state index contributed by atoms with van der Waals surface area (Å²) in [7, 11) is 1.67. The Hall–Kier alpha value is -10.6. The highest BCUT2D eigenvalue weighted by Gasteiger charge is 2.29. The number of aromatic amines is 2. The summed E-state index contributed by atoms with van der Waals surface area (Å²) in [5.41, 5.74) is 4.48. The number of rotatable bonds is 17. The molecule has 1 unspecified atom stereocenters. The number of H-pyrrole nitrogens is 2. The number of nitro benzene ring substituents is 1. The lowest BCUT2D eigenvalue weighted by Gasteiger charge is -2.14. The van der Waals surface area contributed by atoms with E-state index in [0.29, 0.717) is 72.6 Å². The van der Waals surface area contributed by atoms with E-state index in [0.717, 1.165) is 12.2 Å². The largest absolute Gasteiger partial charge is 0.344 e. The Morgan fingerprint density at radius 1 is 0.723 bits per heavy atom. The third-order valence-corrected chi connectivity index (χ3v) is 13.4. The van der Waals surface area contributed by atoms with E-state index in [-0.39, 0.29) is 70.5 Å². The molecular formula is C55H52ClN19O8. The number of nitro groups is 1. The second kappa shape index (κ2) is 21.8. The normalized spacial score (nSPS) is 12.1. The van der Waals surface area contributed by atoms with Gasteiger partial charge in [-0.2, -0.15) is 20.2 Å². The van der Waals surface area contributed by atoms with Crippen molar-refractivity contribution >= 4 is 74.6 Å². The number of anilines is 2. The number of halogens is 1. The molecule has 0 saturated carbocycles. The van der Waals surface area contributed by atoms with Gasteiger partial charge in [0, 0.05) is 64.6 Å². The maximum atomic E-state index is 13.1. The Morgan fingerprint density at radius 2 is 1.27 bits per heavy atom. The smallest absolute Gasteiger partial charge is 0.315 e. The molecule has 0 radical (unpaired) electrons. The maximum absolute atomic E-state index is 13.1. The fraction of sp³-hybridized carbons (Fsp3) is 0.236. The number of hydrogen-bond acceptors (Lipinski definition) is 18. The number of carbonyl (C=O) groups excluding carboxylic acids is 4. The van der Waals surface area contributed by atoms with Gasteiger partial charge >= 0.3 is 23.6 Å². The number of aromatic nitrogens is 14. The Bertz CT molecular complexity index is 4260. The van der Waals surface area contributed by atoms with Crippen LogP contribution in [0.25, 0.3) is 67.6 Å². The zero-order valence-corrected chi connectivity index (χ0v) is 46.6. The number of nitrogens with one attached hydrogen (secondary N) is 6. The van der Waals surface area contributed by atoms with Gasteiger partial charge in [0.05, 0.1) is 51.8 Å². The molecule has 10 aromatic rings. The molecule has 0 saturated heterocycles. The van der Waals surface area contributed by atoms with Gasteiger partial charge in [0.2, 0.25) is 11.8 Å². The molecular weight excluding hydrogens is 1090 g/mol. The Morgan fingerprint density at radius 3 is 1.83 bits per heavy atom. The van der Waals surface area contributed by atoms with Crippen LogP contribution in [0.3, 0.4) is 0 Å². The van der Waals surface area contributed by atoms with Crippen molar-refractivity contribution in [1.29, 1.82) is 0 Å². The van der Waals surface area contributed by atoms with Crippen molar-refractivity contribution in [2.24, 2.45) is 7.05 Å². The average Bonchev–Trinajstić information content (AvgIpc) is 4.52. The number of pyridine rings is 2. The Labute approximate surface area is 475 Å². The van der Waals surface area contributed by atoms with Crippen LogP contribution in [0.4, 0.5) is 17.1 Å². The van der Waals surface area contributed by atoms with E-state index in [1.165, 1.54) is 16.8 Å². The van der Waals surface area contributed by atoms with E-state index in [4.69, 9.17) is 40.7 Å². The molecule has 28 heteroatoms. The topological polar surface area (TPSA) is 356 Å². The van der Waals surface area contributed by atoms with Gasteiger partial charge in [0.25, 0.3) is 5.69 Å². The van der Waals surface area contributed by atoms with Crippen molar-refractivity contribution < 1.29 is 33.1 Å². The first-order chi connectivity index (χ1) is 39.5. The lowest BCUT2D eigenvalue weighted by atomic mass is 9.96. The van der Waals surface area contributed by atoms with Crippen LogP contribution < -0.4 is 21.3 Å². The summed E-state index contributed by atoms with van der Waals surface area (Å²) in [5, 5.41) is 41.5. The van der Waals surface area contributed by atoms with Gasteiger partial charge in [-0.3, -0.25) is 38.7 Å². The molecule has 0 fully saturated rings. The highest BCUT2D eigenvalue weighted by molar-refractivity contribution is 6.31. The molecule has 0 aliphatic carbocycles. The van der Waals surface area contributed by atoms with Gasteiger partial charge in [-0.25, -0.2) is 19.9 Å². The number of aryl methyl sites for hydroxylation is 1. The Balaban J connectivity index is 0.999. The first-order valence-electron chi connectivity index (χ1n) is 25.5. The van der Waals surface area contributed by atoms with Crippen LogP contribution in [0.5, 0.6) is 0 Å². The van der Waals surface area contributed by atoms with Crippen molar-refractivity contribution in [1.82, 2.24) is 80.4 Å². The van der Waals surface area contributed by atoms with Gasteiger partial charge in [0.1, 0.15) is 0 Å². The molecule has 0 spiro atoms. The minimum atomic E-state index is -0.742. The summed E-state index contributed by atoms with van der Waals surface area (Å²) in [6.45, 7) is 20.1. The van der Waals surface area contributed by atoms with Crippen LogP contribution >= 0.6 is 11.6 Å². The molecule has 0 aliphatic heterocycles. The molecule has 0 aliphatic rings. The predicted octanol–water partition coefficient (Wildman–Crippen LogP) is 8.47. The summed E-state index contributed by atoms with van der Waals surface area (Å²) in [5.74, 6) is -1.60. The van der Waals surface area contributed by atoms with Gasteiger partial charge in [-0.1, -0.05) is 94.8 Å². The molecule has 27 nitrogen and oxygen atoms in total. The van der Waals surface area contributed by atoms with E-state index in [1.54, 1.807) is 67.6 Å². The van der Waals surface area contributed by atoms with Crippen LogP contribution in [0.1, 0.15) is 104 Å². The quantitative estimate of drug-likeness (QED) is 0.0283. The monoisotopic (exact) mass is 1140 g/mol. The second-order valence-electron chi connectivity index (χ2n) is 21.1. The summed E-state index contributed by atoms with van der Waals surface area (Å²) in [6.07, 6.45) is 7.00. The number of carbonyl (C=O) groups is 4. The van der Waals surface area contributed by atoms with Crippen molar-refractivity contribution in [2.45, 2.75) is 78.4 Å². The summed E-state index contributed by atoms with van der Waals surface area (Å²) >= 11 is 6.82. The summed E-state index contributed by atoms with van der Waals surface area (Å²) < 4.78 is 13.4. The van der Waals surface area contributed by atoms with Gasteiger partial charge in [-0.15, -0.1) is 0 Å². The fourth-order valence-corrected chi connectivity index (χ4v) is 8.84. The Kier molecular flexibility index (Phi) is 14.7. The zero-order chi connectivity index (χ0) is 59.2. The number of nitrogens with zero attached hydrogens (tertiary/aromatic N) is 13. The zero-order valence-electron chi connectivity index (χ0n) is 45.9. The lowest BCUT2D eigenvalue weighted by molar-refractivity contribution is -0.385. The number of fused-ring (bicyclic) bond motifs is 2. The predicted molar refractivity (Wildman–Crippen MR) is 304 cm³/mol. The average molecular weight is 1140 g/mol. The minimum Gasteiger partial charge on any atom is -0.344 e. The van der Waals surface area contributed by atoms with Crippen LogP contribution in [0, 0.1) is 10.1 Å². The summed E-state index contributed by atoms with van der Waals surface area (Å²) in [4.78, 5) is 97.9. The molecule has 6 N–H and O–H groups in total. The highest BCUT2D eigenvalue weighted by Crippen LogP contribution is 2.38. The van der Waals surface area contributed by atoms with Crippen molar-refractivity contribution in [3.63, 3.8) is 0 Å². The standard InChI is InChI=1S/C55H52ClN19O8/c1-11-38(76)60-35-24-73(10)69-42(35)46-64-41-32(28-14-16-30(37(20-28)75(80)81)23-59-49(79)51-68-53(72-83-51)55(7,8)9)21-34(62-45(41)66-46)26(3)74-25-36(61-39(77)12-2)43(70-74)47-63-40-31(17-18-57-44(40)65-47)27-13-15-29(33(56)19-27)22-58-48(78)50-67-52(71-82-50)54(4,5)6/h11-21,24-26H,1-2,22-23H2,3-10H3,(H,58,78)(H,59,79)(H,60,76)(H,61,77)(H,57,63,65)(H,62,64,66). The molecule has 4 amide bonds. The van der Waals surface area contributed by atoms with Gasteiger partial charge in [0.15, 0.2) is 46.0 Å². The molecule has 10 rings (SSSR count). The highest BCUT2D eigenvalue weighted by atomic mass is 35.5. The third-order valence-electron chi connectivity index (χ3n) is 13.0. The lowest BCUT2D eigenvalue weighted by Crippen LogP contribution is -2.24. The van der Waals surface area contributed by atoms with Crippen LogP contribution in [-0.4, -0.2) is 98.3 Å². The maximum Gasteiger partial charge on any atom is 0.315 e. The van der Waals surface area contributed by atoms with Crippen LogP contribution in [0.2, 0.25) is 5.02 Å². The van der Waals surface area contributed by atoms with Crippen LogP contribution in [-0.2, 0) is 40.6 Å². The van der Waals surface area contributed by atoms with Gasteiger partial charge in [-0.05, 0) is 60.0 Å². The van der Waals surface area contributed by atoms with E-state index >= 15 is 0 Å². The van der Waals surface area contributed by atoms with E-state index in [2.05, 4.69) is 74.8 Å². The fourth-order valence-electron chi connectivity index (χ4n) is 8.59. The van der Waals surface area contributed by atoms with Gasteiger partial charge < -0.3 is 40.3 Å².